The van der Waals surface area contributed by atoms with E-state index >= 15 is 0 Å². The molecule has 1 saturated heterocycles. The second-order valence-electron chi connectivity index (χ2n) is 4.21. The number of pyridine rings is 1. The summed E-state index contributed by atoms with van der Waals surface area (Å²) in [4.78, 5) is 27.5. The maximum absolute atomic E-state index is 13.5. The lowest BCUT2D eigenvalue weighted by Crippen LogP contribution is -2.48. The molecule has 8 heteroatoms. The van der Waals surface area contributed by atoms with Crippen LogP contribution in [0, 0.1) is 11.6 Å². The van der Waals surface area contributed by atoms with Crippen LogP contribution in [-0.4, -0.2) is 34.8 Å². The Labute approximate surface area is 107 Å². The normalized spacial score (nSPS) is 19.7. The molecule has 0 bridgehead atoms. The predicted molar refractivity (Wildman–Crippen MR) is 63.0 cm³/mol. The van der Waals surface area contributed by atoms with E-state index in [2.05, 4.69) is 10.3 Å². The number of nitrogens with zero attached hydrogens (tertiary/aromatic N) is 2. The largest absolute Gasteiger partial charge is 0.381 e. The van der Waals surface area contributed by atoms with Gasteiger partial charge in [0.2, 0.25) is 5.91 Å². The average molecular weight is 270 g/mol. The predicted octanol–water partition coefficient (Wildman–Crippen LogP) is 0.501. The number of aromatic nitrogens is 1. The second kappa shape index (κ2) is 4.79. The molecule has 0 radical (unpaired) electrons. The van der Waals surface area contributed by atoms with Crippen LogP contribution in [0.5, 0.6) is 0 Å². The molecule has 2 heterocycles. The lowest BCUT2D eigenvalue weighted by atomic mass is 10.0. The van der Waals surface area contributed by atoms with Gasteiger partial charge >= 0.3 is 0 Å². The van der Waals surface area contributed by atoms with Crippen molar-refractivity contribution in [3.63, 3.8) is 0 Å². The minimum absolute atomic E-state index is 0.165. The first-order valence-corrected chi connectivity index (χ1v) is 5.58. The fraction of sp³-hybridized carbons (Fsp3) is 0.364. The number of imide groups is 1. The molecule has 1 aromatic rings. The lowest BCUT2D eigenvalue weighted by Gasteiger charge is -2.28. The van der Waals surface area contributed by atoms with E-state index in [4.69, 9.17) is 5.73 Å². The third-order valence-electron chi connectivity index (χ3n) is 2.92. The number of nitrogen functional groups attached to an aromatic ring is 1. The topological polar surface area (TPSA) is 88.3 Å². The van der Waals surface area contributed by atoms with E-state index in [0.717, 1.165) is 4.90 Å². The summed E-state index contributed by atoms with van der Waals surface area (Å²) in [6.07, 6.45) is 0.388. The molecule has 1 aliphatic heterocycles. The van der Waals surface area contributed by atoms with Crippen LogP contribution in [-0.2, 0) is 9.59 Å². The molecule has 1 aliphatic rings. The van der Waals surface area contributed by atoms with E-state index in [1.54, 1.807) is 0 Å². The fourth-order valence-corrected chi connectivity index (χ4v) is 1.80. The highest BCUT2D eigenvalue weighted by molar-refractivity contribution is 6.01. The summed E-state index contributed by atoms with van der Waals surface area (Å²) < 4.78 is 26.4. The Morgan fingerprint density at radius 2 is 2.11 bits per heavy atom. The minimum atomic E-state index is -0.967. The number of piperidine rings is 1. The van der Waals surface area contributed by atoms with Crippen LogP contribution in [0.3, 0.4) is 0 Å². The number of hydrogen-bond acceptors (Lipinski definition) is 5. The van der Waals surface area contributed by atoms with Gasteiger partial charge in [-0.2, -0.15) is 0 Å². The standard InChI is InChI=1S/C11H12F2N4O2/c1-17-8(18)3-2-7(11(17)19)15-10-6(13)4-5(12)9(14)16-10/h4,7H,2-3H2,1H3,(H3,14,15,16). The number of halogens is 2. The first-order chi connectivity index (χ1) is 8.90. The molecule has 1 atom stereocenters. The number of likely N-dealkylation sites (N-methyl/N-ethyl adjacent to an activating group) is 1. The lowest BCUT2D eigenvalue weighted by molar-refractivity contribution is -0.146. The van der Waals surface area contributed by atoms with Gasteiger partial charge in [0.15, 0.2) is 23.3 Å². The quantitative estimate of drug-likeness (QED) is 0.764. The molecule has 0 spiro atoms. The second-order valence-corrected chi connectivity index (χ2v) is 4.21. The molecule has 0 aliphatic carbocycles. The maximum Gasteiger partial charge on any atom is 0.251 e. The highest BCUT2D eigenvalue weighted by Crippen LogP contribution is 2.20. The summed E-state index contributed by atoms with van der Waals surface area (Å²) in [7, 11) is 1.35. The number of nitrogens with one attached hydrogen (secondary N) is 1. The van der Waals surface area contributed by atoms with Crippen LogP contribution in [0.15, 0.2) is 6.07 Å². The molecule has 3 N–H and O–H groups in total. The smallest absolute Gasteiger partial charge is 0.251 e. The summed E-state index contributed by atoms with van der Waals surface area (Å²) in [5, 5.41) is 2.54. The Kier molecular flexibility index (Phi) is 3.32. The van der Waals surface area contributed by atoms with Crippen LogP contribution >= 0.6 is 0 Å². The Hall–Kier alpha value is -2.25. The van der Waals surface area contributed by atoms with Crippen molar-refractivity contribution in [3.8, 4) is 0 Å². The molecule has 1 unspecified atom stereocenters. The number of amides is 2. The zero-order chi connectivity index (χ0) is 14.2. The number of likely N-dealkylation sites (tertiary alicyclic amines) is 1. The summed E-state index contributed by atoms with van der Waals surface area (Å²) in [5.41, 5.74) is 5.24. The molecule has 19 heavy (non-hydrogen) atoms. The average Bonchev–Trinajstić information content (AvgIpc) is 2.36. The van der Waals surface area contributed by atoms with Crippen LogP contribution in [0.4, 0.5) is 20.4 Å². The monoisotopic (exact) mass is 270 g/mol. The fourth-order valence-electron chi connectivity index (χ4n) is 1.80. The van der Waals surface area contributed by atoms with Gasteiger partial charge in [-0.25, -0.2) is 13.8 Å². The molecule has 1 fully saturated rings. The van der Waals surface area contributed by atoms with Crippen LogP contribution < -0.4 is 11.1 Å². The van der Waals surface area contributed by atoms with Gasteiger partial charge in [-0.15, -0.1) is 0 Å². The molecule has 102 valence electrons. The molecule has 2 rings (SSSR count). The highest BCUT2D eigenvalue weighted by Gasteiger charge is 2.32. The number of anilines is 2. The number of carbonyl (C=O) groups excluding carboxylic acids is 2. The van der Waals surface area contributed by atoms with Gasteiger partial charge in [-0.3, -0.25) is 14.5 Å². The third kappa shape index (κ3) is 2.47. The van der Waals surface area contributed by atoms with E-state index < -0.39 is 29.4 Å². The number of hydrogen-bond donors (Lipinski definition) is 2. The van der Waals surface area contributed by atoms with Gasteiger partial charge < -0.3 is 11.1 Å². The number of nitrogens with two attached hydrogens (primary N) is 1. The number of carbonyl (C=O) groups is 2. The summed E-state index contributed by atoms with van der Waals surface area (Å²) in [5.74, 6) is -3.46. The Bertz CT molecular complexity index is 550. The Morgan fingerprint density at radius 1 is 1.42 bits per heavy atom. The van der Waals surface area contributed by atoms with Gasteiger partial charge in [0.05, 0.1) is 0 Å². The van der Waals surface area contributed by atoms with E-state index in [-0.39, 0.29) is 24.6 Å². The van der Waals surface area contributed by atoms with Crippen molar-refractivity contribution < 1.29 is 18.4 Å². The Balaban J connectivity index is 2.20. The summed E-state index contributed by atoms with van der Waals surface area (Å²) in [6.45, 7) is 0. The van der Waals surface area contributed by atoms with E-state index in [1.165, 1.54) is 7.05 Å². The minimum Gasteiger partial charge on any atom is -0.381 e. The van der Waals surface area contributed by atoms with Gasteiger partial charge in [-0.05, 0) is 6.42 Å². The molecule has 2 amide bonds. The van der Waals surface area contributed by atoms with Crippen molar-refractivity contribution in [2.24, 2.45) is 0 Å². The first kappa shape index (κ1) is 13.2. The molecule has 0 aromatic carbocycles. The van der Waals surface area contributed by atoms with Crippen molar-refractivity contribution in [3.05, 3.63) is 17.7 Å². The van der Waals surface area contributed by atoms with Gasteiger partial charge in [0.25, 0.3) is 5.91 Å². The van der Waals surface area contributed by atoms with E-state index in [0.29, 0.717) is 6.07 Å². The molecule has 0 saturated carbocycles. The van der Waals surface area contributed by atoms with Crippen LogP contribution in [0.25, 0.3) is 0 Å². The van der Waals surface area contributed by atoms with Crippen molar-refractivity contribution in [2.75, 3.05) is 18.1 Å². The summed E-state index contributed by atoms with van der Waals surface area (Å²) in [6, 6.07) is -0.193. The van der Waals surface area contributed by atoms with Gasteiger partial charge in [0, 0.05) is 19.5 Å². The third-order valence-corrected chi connectivity index (χ3v) is 2.92. The van der Waals surface area contributed by atoms with Crippen molar-refractivity contribution in [1.82, 2.24) is 9.88 Å². The van der Waals surface area contributed by atoms with Crippen LogP contribution in [0.2, 0.25) is 0 Å². The maximum atomic E-state index is 13.5. The van der Waals surface area contributed by atoms with Crippen molar-refractivity contribution in [2.45, 2.75) is 18.9 Å². The molecule has 1 aromatic heterocycles. The zero-order valence-corrected chi connectivity index (χ0v) is 10.1. The first-order valence-electron chi connectivity index (χ1n) is 5.58. The van der Waals surface area contributed by atoms with Gasteiger partial charge in [0.1, 0.15) is 6.04 Å². The number of rotatable bonds is 2. The van der Waals surface area contributed by atoms with Crippen LogP contribution in [0.1, 0.15) is 12.8 Å². The molecule has 6 nitrogen and oxygen atoms in total. The molecular formula is C11H12F2N4O2. The molecular weight excluding hydrogens is 258 g/mol. The van der Waals surface area contributed by atoms with E-state index in [1.807, 2.05) is 0 Å². The van der Waals surface area contributed by atoms with Crippen molar-refractivity contribution >= 4 is 23.5 Å². The summed E-state index contributed by atoms with van der Waals surface area (Å²) >= 11 is 0. The zero-order valence-electron chi connectivity index (χ0n) is 10.1. The van der Waals surface area contributed by atoms with Crippen molar-refractivity contribution in [1.29, 1.82) is 0 Å². The van der Waals surface area contributed by atoms with Gasteiger partial charge in [-0.1, -0.05) is 0 Å². The Morgan fingerprint density at radius 3 is 2.79 bits per heavy atom. The SMILES string of the molecule is CN1C(=O)CCC(Nc2nc(N)c(F)cc2F)C1=O. The highest BCUT2D eigenvalue weighted by atomic mass is 19.1. The van der Waals surface area contributed by atoms with E-state index in [9.17, 15) is 18.4 Å².